The zero-order valence-corrected chi connectivity index (χ0v) is 17.5. The summed E-state index contributed by atoms with van der Waals surface area (Å²) in [4.78, 5) is 38.0. The first-order valence-corrected chi connectivity index (χ1v) is 9.78. The number of piperazine rings is 1. The molecule has 1 atom stereocenters. The van der Waals surface area contributed by atoms with Gasteiger partial charge in [-0.25, -0.2) is 0 Å². The topological polar surface area (TPSA) is 101 Å². The molecule has 10 heteroatoms. The van der Waals surface area contributed by atoms with Crippen LogP contribution >= 0.6 is 28.1 Å². The van der Waals surface area contributed by atoms with Gasteiger partial charge in [-0.3, -0.25) is 19.7 Å². The van der Waals surface area contributed by atoms with Crippen LogP contribution in [0, 0.1) is 5.92 Å². The van der Waals surface area contributed by atoms with E-state index in [9.17, 15) is 14.4 Å². The second-order valence-corrected chi connectivity index (χ2v) is 7.64. The van der Waals surface area contributed by atoms with E-state index < -0.39 is 17.9 Å². The number of hydrogen-bond acceptors (Lipinski definition) is 6. The molecule has 1 aromatic heterocycles. The van der Waals surface area contributed by atoms with E-state index in [0.29, 0.717) is 30.3 Å². The Bertz CT molecular complexity index is 721. The van der Waals surface area contributed by atoms with Crippen molar-refractivity contribution in [3.8, 4) is 0 Å². The molecule has 1 saturated heterocycles. The number of thiocarbonyl (C=S) groups is 1. The fourth-order valence-electron chi connectivity index (χ4n) is 2.45. The minimum atomic E-state index is -0.832. The van der Waals surface area contributed by atoms with Crippen molar-refractivity contribution in [1.29, 1.82) is 0 Å². The van der Waals surface area contributed by atoms with Gasteiger partial charge in [-0.2, -0.15) is 0 Å². The molecule has 0 spiro atoms. The summed E-state index contributed by atoms with van der Waals surface area (Å²) >= 11 is 8.39. The lowest BCUT2D eigenvalue weighted by atomic mass is 10.1. The zero-order valence-electron chi connectivity index (χ0n) is 15.1. The second kappa shape index (κ2) is 9.84. The highest BCUT2D eigenvalue weighted by atomic mass is 79.9. The third-order valence-corrected chi connectivity index (χ3v) is 4.69. The SMILES string of the molecule is CC(C)CCOC(=O)CC1C(=O)NCCN1C(=S)NC(=O)c1ccc(Br)o1. The first-order chi connectivity index (χ1) is 12.8. The Hall–Kier alpha value is -1.94. The van der Waals surface area contributed by atoms with E-state index in [1.807, 2.05) is 13.8 Å². The largest absolute Gasteiger partial charge is 0.466 e. The summed E-state index contributed by atoms with van der Waals surface area (Å²) in [6, 6.07) is 2.25. The van der Waals surface area contributed by atoms with Crippen LogP contribution in [0.15, 0.2) is 21.2 Å². The monoisotopic (exact) mass is 459 g/mol. The number of carbonyl (C=O) groups excluding carboxylic acids is 3. The van der Waals surface area contributed by atoms with Gasteiger partial charge in [-0.15, -0.1) is 0 Å². The standard InChI is InChI=1S/C17H22BrN3O5S/c1-10(2)5-8-25-14(22)9-11-15(23)19-6-7-21(11)17(27)20-16(24)12-3-4-13(18)26-12/h3-4,10-11H,5-9H2,1-2H3,(H,19,23)(H,20,24,27). The normalized spacial score (nSPS) is 16.8. The summed E-state index contributed by atoms with van der Waals surface area (Å²) in [5, 5.41) is 5.29. The van der Waals surface area contributed by atoms with Crippen molar-refractivity contribution in [3.05, 3.63) is 22.6 Å². The van der Waals surface area contributed by atoms with Crippen molar-refractivity contribution >= 4 is 51.0 Å². The van der Waals surface area contributed by atoms with Gasteiger partial charge in [0.2, 0.25) is 5.91 Å². The van der Waals surface area contributed by atoms with Crippen LogP contribution in [0.5, 0.6) is 0 Å². The maximum atomic E-state index is 12.2. The van der Waals surface area contributed by atoms with E-state index in [4.69, 9.17) is 21.4 Å². The maximum absolute atomic E-state index is 12.2. The molecule has 1 unspecified atom stereocenters. The molecular weight excluding hydrogens is 438 g/mol. The Morgan fingerprint density at radius 1 is 1.48 bits per heavy atom. The van der Waals surface area contributed by atoms with Crippen LogP contribution in [-0.2, 0) is 14.3 Å². The van der Waals surface area contributed by atoms with Crippen molar-refractivity contribution < 1.29 is 23.5 Å². The van der Waals surface area contributed by atoms with E-state index in [-0.39, 0.29) is 23.2 Å². The van der Waals surface area contributed by atoms with Gasteiger partial charge in [-0.1, -0.05) is 13.8 Å². The predicted octanol–water partition coefficient (Wildman–Crippen LogP) is 1.84. The lowest BCUT2D eigenvalue weighted by molar-refractivity contribution is -0.147. The van der Waals surface area contributed by atoms with E-state index in [1.54, 1.807) is 6.07 Å². The lowest BCUT2D eigenvalue weighted by Gasteiger charge is -2.36. The maximum Gasteiger partial charge on any atom is 0.308 e. The average Bonchev–Trinajstić information content (AvgIpc) is 3.03. The number of rotatable bonds is 6. The van der Waals surface area contributed by atoms with Gasteiger partial charge >= 0.3 is 5.97 Å². The second-order valence-electron chi connectivity index (χ2n) is 6.47. The lowest BCUT2D eigenvalue weighted by Crippen LogP contribution is -2.60. The van der Waals surface area contributed by atoms with Crippen LogP contribution in [0.1, 0.15) is 37.2 Å². The summed E-state index contributed by atoms with van der Waals surface area (Å²) in [5.74, 6) is -0.854. The number of nitrogens with zero attached hydrogens (tertiary/aromatic N) is 1. The van der Waals surface area contributed by atoms with Crippen LogP contribution in [0.2, 0.25) is 0 Å². The first-order valence-electron chi connectivity index (χ1n) is 8.58. The first kappa shape index (κ1) is 21.4. The van der Waals surface area contributed by atoms with Crippen molar-refractivity contribution in [1.82, 2.24) is 15.5 Å². The Kier molecular flexibility index (Phi) is 7.78. The minimum absolute atomic E-state index is 0.0577. The van der Waals surface area contributed by atoms with Crippen LogP contribution in [0.3, 0.4) is 0 Å². The summed E-state index contributed by atoms with van der Waals surface area (Å²) < 4.78 is 10.8. The molecule has 1 aromatic rings. The van der Waals surface area contributed by atoms with Crippen LogP contribution < -0.4 is 10.6 Å². The molecule has 1 aliphatic heterocycles. The van der Waals surface area contributed by atoms with Gasteiger partial charge in [0.25, 0.3) is 5.91 Å². The van der Waals surface area contributed by atoms with Gasteiger partial charge < -0.3 is 19.4 Å². The molecule has 148 valence electrons. The molecule has 1 fully saturated rings. The average molecular weight is 460 g/mol. The third kappa shape index (κ3) is 6.31. The number of esters is 1. The summed E-state index contributed by atoms with van der Waals surface area (Å²) in [7, 11) is 0. The van der Waals surface area contributed by atoms with Crippen molar-refractivity contribution in [2.75, 3.05) is 19.7 Å². The number of halogens is 1. The molecule has 0 aliphatic carbocycles. The molecule has 0 aromatic carbocycles. The van der Waals surface area contributed by atoms with Crippen molar-refractivity contribution in [2.24, 2.45) is 5.92 Å². The molecule has 0 radical (unpaired) electrons. The molecular formula is C17H22BrN3O5S. The number of hydrogen-bond donors (Lipinski definition) is 2. The Balaban J connectivity index is 1.97. The van der Waals surface area contributed by atoms with Crippen molar-refractivity contribution in [2.45, 2.75) is 32.7 Å². The Morgan fingerprint density at radius 3 is 2.85 bits per heavy atom. The number of nitrogens with one attached hydrogen (secondary N) is 2. The molecule has 0 bridgehead atoms. The highest BCUT2D eigenvalue weighted by Gasteiger charge is 2.34. The quantitative estimate of drug-likeness (QED) is 0.494. The van der Waals surface area contributed by atoms with Crippen LogP contribution in [0.4, 0.5) is 0 Å². The van der Waals surface area contributed by atoms with Crippen LogP contribution in [0.25, 0.3) is 0 Å². The van der Waals surface area contributed by atoms with E-state index >= 15 is 0 Å². The van der Waals surface area contributed by atoms with Gasteiger partial charge in [0.05, 0.1) is 13.0 Å². The van der Waals surface area contributed by atoms with Crippen LogP contribution in [-0.4, -0.2) is 53.5 Å². The Morgan fingerprint density at radius 2 is 2.22 bits per heavy atom. The fourth-order valence-corrected chi connectivity index (χ4v) is 3.07. The minimum Gasteiger partial charge on any atom is -0.466 e. The predicted molar refractivity (Wildman–Crippen MR) is 105 cm³/mol. The van der Waals surface area contributed by atoms with E-state index in [2.05, 4.69) is 26.6 Å². The van der Waals surface area contributed by atoms with E-state index in [0.717, 1.165) is 6.42 Å². The molecule has 2 N–H and O–H groups in total. The zero-order chi connectivity index (χ0) is 20.0. The molecule has 0 saturated carbocycles. The number of ether oxygens (including phenoxy) is 1. The highest BCUT2D eigenvalue weighted by molar-refractivity contribution is 9.10. The number of carbonyl (C=O) groups is 3. The summed E-state index contributed by atoms with van der Waals surface area (Å²) in [6.07, 6.45) is 0.603. The third-order valence-electron chi connectivity index (χ3n) is 3.93. The van der Waals surface area contributed by atoms with Gasteiger partial charge in [0.15, 0.2) is 15.5 Å². The molecule has 8 nitrogen and oxygen atoms in total. The number of furan rings is 1. The molecule has 27 heavy (non-hydrogen) atoms. The van der Waals surface area contributed by atoms with Gasteiger partial charge in [0.1, 0.15) is 6.04 Å². The molecule has 2 rings (SSSR count). The molecule has 2 amide bonds. The summed E-state index contributed by atoms with van der Waals surface area (Å²) in [6.45, 7) is 5.10. The van der Waals surface area contributed by atoms with Crippen molar-refractivity contribution in [3.63, 3.8) is 0 Å². The van der Waals surface area contributed by atoms with E-state index in [1.165, 1.54) is 11.0 Å². The number of amides is 2. The highest BCUT2D eigenvalue weighted by Crippen LogP contribution is 2.15. The Labute approximate surface area is 171 Å². The smallest absolute Gasteiger partial charge is 0.308 e. The van der Waals surface area contributed by atoms with Gasteiger partial charge in [0, 0.05) is 13.1 Å². The molecule has 1 aliphatic rings. The van der Waals surface area contributed by atoms with Gasteiger partial charge in [-0.05, 0) is 52.6 Å². The molecule has 2 heterocycles. The fraction of sp³-hybridized carbons (Fsp3) is 0.529. The summed E-state index contributed by atoms with van der Waals surface area (Å²) in [5.41, 5.74) is 0.